The first-order valence-corrected chi connectivity index (χ1v) is 6.63. The number of ether oxygens (including phenoxy) is 1. The first kappa shape index (κ1) is 14.8. The van der Waals surface area contributed by atoms with Gasteiger partial charge in [-0.25, -0.2) is 0 Å². The van der Waals surface area contributed by atoms with E-state index in [1.54, 1.807) is 0 Å². The van der Waals surface area contributed by atoms with Gasteiger partial charge in [0.1, 0.15) is 12.0 Å². The third kappa shape index (κ3) is 3.64. The van der Waals surface area contributed by atoms with E-state index in [4.69, 9.17) is 10.5 Å². The van der Waals surface area contributed by atoms with Gasteiger partial charge in [0.05, 0.1) is 0 Å². The van der Waals surface area contributed by atoms with E-state index in [1.165, 1.54) is 0 Å². The van der Waals surface area contributed by atoms with Crippen molar-refractivity contribution in [3.8, 4) is 5.75 Å². The van der Waals surface area contributed by atoms with E-state index in [2.05, 4.69) is 39.5 Å². The molecule has 0 saturated carbocycles. The topological polar surface area (TPSA) is 38.5 Å². The van der Waals surface area contributed by atoms with Crippen LogP contribution >= 0.6 is 0 Å². The van der Waals surface area contributed by atoms with Crippen molar-refractivity contribution in [2.24, 2.45) is 0 Å². The van der Waals surface area contributed by atoms with E-state index in [0.29, 0.717) is 12.1 Å². The molecule has 102 valence electrons. The second kappa shape index (κ2) is 6.10. The van der Waals surface area contributed by atoms with Crippen molar-refractivity contribution in [2.75, 3.05) is 5.73 Å². The fraction of sp³-hybridized carbons (Fsp3) is 0.600. The van der Waals surface area contributed by atoms with Gasteiger partial charge in [0.25, 0.3) is 0 Å². The highest BCUT2D eigenvalue weighted by atomic mass is 16.5. The summed E-state index contributed by atoms with van der Waals surface area (Å²) in [5.41, 5.74) is 7.66. The summed E-state index contributed by atoms with van der Waals surface area (Å²) >= 11 is 0. The van der Waals surface area contributed by atoms with Crippen LogP contribution in [0.1, 0.15) is 40.2 Å². The van der Waals surface area contributed by atoms with Crippen molar-refractivity contribution < 1.29 is 4.74 Å². The Kier molecular flexibility index (Phi) is 5.03. The lowest BCUT2D eigenvalue weighted by molar-refractivity contribution is -0.00595. The quantitative estimate of drug-likeness (QED) is 0.643. The molecule has 0 heterocycles. The van der Waals surface area contributed by atoms with Crippen LogP contribution < -0.4 is 10.5 Å². The molecule has 0 aliphatic rings. The first-order chi connectivity index (χ1) is 8.32. The minimum absolute atomic E-state index is 0.0329. The molecule has 2 N–H and O–H groups in total. The first-order valence-electron chi connectivity index (χ1n) is 6.63. The summed E-state index contributed by atoms with van der Waals surface area (Å²) in [6.45, 7) is 12.9. The number of benzene rings is 1. The molecule has 0 aromatic heterocycles. The van der Waals surface area contributed by atoms with Gasteiger partial charge in [0.15, 0.2) is 0 Å². The Bertz CT molecular complexity index is 380. The maximum Gasteiger partial charge on any atom is 0.150 e. The van der Waals surface area contributed by atoms with Gasteiger partial charge >= 0.3 is 0 Å². The lowest BCUT2D eigenvalue weighted by Gasteiger charge is -2.36. The highest BCUT2D eigenvalue weighted by Crippen LogP contribution is 2.23. The van der Waals surface area contributed by atoms with E-state index < -0.39 is 0 Å². The number of nitrogens with zero attached hydrogens (tertiary/aromatic N) is 1. The van der Waals surface area contributed by atoms with Crippen molar-refractivity contribution >= 4 is 5.69 Å². The number of hydrogen-bond acceptors (Lipinski definition) is 3. The average Bonchev–Trinajstić information content (AvgIpc) is 2.22. The van der Waals surface area contributed by atoms with Gasteiger partial charge < -0.3 is 10.5 Å². The molecule has 18 heavy (non-hydrogen) atoms. The molecule has 0 aliphatic heterocycles. The summed E-state index contributed by atoms with van der Waals surface area (Å²) in [5, 5.41) is 0. The number of nitrogens with two attached hydrogens (primary N) is 1. The smallest absolute Gasteiger partial charge is 0.150 e. The number of rotatable bonds is 5. The zero-order chi connectivity index (χ0) is 13.9. The minimum atomic E-state index is 0.0329. The van der Waals surface area contributed by atoms with E-state index in [1.807, 2.05) is 25.1 Å². The van der Waals surface area contributed by atoms with Crippen LogP contribution in [0, 0.1) is 6.92 Å². The molecule has 1 atom stereocenters. The molecule has 1 rings (SSSR count). The summed E-state index contributed by atoms with van der Waals surface area (Å²) in [7, 11) is 0. The Morgan fingerprint density at radius 2 is 1.61 bits per heavy atom. The van der Waals surface area contributed by atoms with E-state index in [-0.39, 0.29) is 6.23 Å². The maximum absolute atomic E-state index is 6.06. The molecule has 0 amide bonds. The molecule has 3 nitrogen and oxygen atoms in total. The van der Waals surface area contributed by atoms with Crippen LogP contribution in [-0.2, 0) is 0 Å². The van der Waals surface area contributed by atoms with Crippen molar-refractivity contribution in [2.45, 2.75) is 59.9 Å². The highest BCUT2D eigenvalue weighted by Gasteiger charge is 2.21. The molecule has 0 radical (unpaired) electrons. The molecule has 1 unspecified atom stereocenters. The Balaban J connectivity index is 2.85. The molecule has 0 spiro atoms. The van der Waals surface area contributed by atoms with Crippen molar-refractivity contribution in [3.05, 3.63) is 23.8 Å². The predicted octanol–water partition coefficient (Wildman–Crippen LogP) is 3.42. The third-order valence-electron chi connectivity index (χ3n) is 3.12. The van der Waals surface area contributed by atoms with Gasteiger partial charge in [-0.3, -0.25) is 4.90 Å². The second-order valence-corrected chi connectivity index (χ2v) is 5.38. The standard InChI is InChI=1S/C15H26N2O/c1-10(2)17(11(3)4)13(6)18-15-9-14(16)8-7-12(15)5/h7-11,13H,16H2,1-6H3. The summed E-state index contributed by atoms with van der Waals surface area (Å²) < 4.78 is 6.06. The fourth-order valence-corrected chi connectivity index (χ4v) is 2.42. The second-order valence-electron chi connectivity index (χ2n) is 5.38. The molecule has 3 heteroatoms. The van der Waals surface area contributed by atoms with Gasteiger partial charge in [0, 0.05) is 23.8 Å². The largest absolute Gasteiger partial charge is 0.475 e. The maximum atomic E-state index is 6.06. The average molecular weight is 250 g/mol. The number of nitrogen functional groups attached to an aromatic ring is 1. The van der Waals surface area contributed by atoms with Crippen LogP contribution in [0.3, 0.4) is 0 Å². The monoisotopic (exact) mass is 250 g/mol. The fourth-order valence-electron chi connectivity index (χ4n) is 2.42. The summed E-state index contributed by atoms with van der Waals surface area (Å²) in [6, 6.07) is 6.68. The van der Waals surface area contributed by atoms with Gasteiger partial charge in [0.2, 0.25) is 0 Å². The van der Waals surface area contributed by atoms with Crippen LogP contribution in [0.25, 0.3) is 0 Å². The van der Waals surface area contributed by atoms with Crippen molar-refractivity contribution in [1.82, 2.24) is 4.90 Å². The Labute approximate surface area is 111 Å². The van der Waals surface area contributed by atoms with Crippen LogP contribution in [0.5, 0.6) is 5.75 Å². The van der Waals surface area contributed by atoms with Crippen molar-refractivity contribution in [1.29, 1.82) is 0 Å². The number of anilines is 1. The van der Waals surface area contributed by atoms with Crippen molar-refractivity contribution in [3.63, 3.8) is 0 Å². The summed E-state index contributed by atoms with van der Waals surface area (Å²) in [4.78, 5) is 2.34. The summed E-state index contributed by atoms with van der Waals surface area (Å²) in [6.07, 6.45) is 0.0329. The molecule has 0 fully saturated rings. The zero-order valence-corrected chi connectivity index (χ0v) is 12.4. The van der Waals surface area contributed by atoms with E-state index in [9.17, 15) is 0 Å². The SMILES string of the molecule is Cc1ccc(N)cc1OC(C)N(C(C)C)C(C)C. The molecule has 0 aliphatic carbocycles. The highest BCUT2D eigenvalue weighted by molar-refractivity contribution is 5.47. The number of aryl methyl sites for hydroxylation is 1. The Hall–Kier alpha value is -1.22. The van der Waals surface area contributed by atoms with E-state index >= 15 is 0 Å². The van der Waals surface area contributed by atoms with Crippen LogP contribution in [-0.4, -0.2) is 23.2 Å². The van der Waals surface area contributed by atoms with E-state index in [0.717, 1.165) is 17.0 Å². The van der Waals surface area contributed by atoms with Crippen LogP contribution in [0.15, 0.2) is 18.2 Å². The van der Waals surface area contributed by atoms with Crippen LogP contribution in [0.4, 0.5) is 5.69 Å². The predicted molar refractivity (Wildman–Crippen MR) is 77.8 cm³/mol. The molecule has 1 aromatic rings. The van der Waals surface area contributed by atoms with Crippen LogP contribution in [0.2, 0.25) is 0 Å². The van der Waals surface area contributed by atoms with Gasteiger partial charge in [-0.05, 0) is 53.2 Å². The molecular weight excluding hydrogens is 224 g/mol. The normalized spacial score (nSPS) is 13.4. The lowest BCUT2D eigenvalue weighted by Crippen LogP contribution is -2.46. The van der Waals surface area contributed by atoms with Gasteiger partial charge in [-0.15, -0.1) is 0 Å². The molecule has 1 aromatic carbocycles. The third-order valence-corrected chi connectivity index (χ3v) is 3.12. The molecule has 0 bridgehead atoms. The lowest BCUT2D eigenvalue weighted by atomic mass is 10.2. The summed E-state index contributed by atoms with van der Waals surface area (Å²) in [5.74, 6) is 0.869. The molecule has 0 saturated heterocycles. The Morgan fingerprint density at radius 3 is 2.11 bits per heavy atom. The minimum Gasteiger partial charge on any atom is -0.475 e. The van der Waals surface area contributed by atoms with Gasteiger partial charge in [-0.2, -0.15) is 0 Å². The zero-order valence-electron chi connectivity index (χ0n) is 12.4. The molecular formula is C15H26N2O. The Morgan fingerprint density at radius 1 is 1.06 bits per heavy atom. The number of hydrogen-bond donors (Lipinski definition) is 1. The van der Waals surface area contributed by atoms with Gasteiger partial charge in [-0.1, -0.05) is 6.07 Å².